The second-order valence-electron chi connectivity index (χ2n) is 3.55. The molecule has 0 amide bonds. The smallest absolute Gasteiger partial charge is 0.258 e. The fraction of sp³-hybridized carbons (Fsp3) is 0. The quantitative estimate of drug-likeness (QED) is 0.605. The highest BCUT2D eigenvalue weighted by Crippen LogP contribution is 2.29. The van der Waals surface area contributed by atoms with E-state index in [1.165, 1.54) is 12.1 Å². The van der Waals surface area contributed by atoms with Crippen molar-refractivity contribution in [1.29, 1.82) is 0 Å². The first-order valence-electron chi connectivity index (χ1n) is 4.88. The van der Waals surface area contributed by atoms with Gasteiger partial charge in [0.05, 0.1) is 11.0 Å². The molecule has 0 radical (unpaired) electrons. The van der Waals surface area contributed by atoms with Crippen LogP contribution in [0.3, 0.4) is 0 Å². The zero-order chi connectivity index (χ0) is 13.3. The molecule has 2 aromatic carbocycles. The molecule has 0 aliphatic heterocycles. The molecule has 0 saturated heterocycles. The lowest BCUT2D eigenvalue weighted by Gasteiger charge is -2.04. The van der Waals surface area contributed by atoms with Crippen molar-refractivity contribution in [3.8, 4) is 11.1 Å². The maximum absolute atomic E-state index is 13.6. The second-order valence-corrected chi connectivity index (χ2v) is 3.55. The van der Waals surface area contributed by atoms with Crippen LogP contribution in [0.5, 0.6) is 0 Å². The van der Waals surface area contributed by atoms with Gasteiger partial charge in [0.15, 0.2) is 0 Å². The molecule has 3 nitrogen and oxygen atoms in total. The maximum Gasteiger partial charge on any atom is 0.307 e. The van der Waals surface area contributed by atoms with Crippen LogP contribution in [0, 0.1) is 27.6 Å². The van der Waals surface area contributed by atoms with Crippen LogP contribution < -0.4 is 0 Å². The van der Waals surface area contributed by atoms with E-state index in [1.54, 1.807) is 0 Å². The van der Waals surface area contributed by atoms with Gasteiger partial charge >= 0.3 is 5.69 Å². The molecule has 2 aromatic rings. The molecule has 0 unspecified atom stereocenters. The average Bonchev–Trinajstić information content (AvgIpc) is 2.31. The Hall–Kier alpha value is -2.37. The molecule has 0 N–H and O–H groups in total. The van der Waals surface area contributed by atoms with E-state index in [0.717, 1.165) is 12.1 Å². The van der Waals surface area contributed by atoms with E-state index in [-0.39, 0.29) is 11.1 Å². The molecular formula is C12H6F3NO2. The van der Waals surface area contributed by atoms with Crippen LogP contribution in [-0.2, 0) is 0 Å². The molecule has 0 heterocycles. The topological polar surface area (TPSA) is 43.1 Å². The molecule has 18 heavy (non-hydrogen) atoms. The zero-order valence-electron chi connectivity index (χ0n) is 8.86. The molecule has 0 bridgehead atoms. The number of halogens is 3. The standard InChI is InChI=1S/C12H6F3NO2/c13-8-3-1-2-7(4-8)9-5-11(15)12(16(17)18)6-10(9)14/h1-6H. The predicted molar refractivity (Wildman–Crippen MR) is 58.4 cm³/mol. The van der Waals surface area contributed by atoms with Crippen molar-refractivity contribution >= 4 is 5.69 Å². The fourth-order valence-corrected chi connectivity index (χ4v) is 1.55. The summed E-state index contributed by atoms with van der Waals surface area (Å²) in [6.07, 6.45) is 0. The van der Waals surface area contributed by atoms with Crippen LogP contribution >= 0.6 is 0 Å². The minimum Gasteiger partial charge on any atom is -0.258 e. The first kappa shape index (κ1) is 12.1. The van der Waals surface area contributed by atoms with Crippen LogP contribution in [0.25, 0.3) is 11.1 Å². The Morgan fingerprint density at radius 2 is 1.72 bits per heavy atom. The first-order chi connectivity index (χ1) is 8.49. The minimum atomic E-state index is -1.17. The second kappa shape index (κ2) is 4.48. The maximum atomic E-state index is 13.6. The Balaban J connectivity index is 2.60. The Morgan fingerprint density at radius 3 is 2.33 bits per heavy atom. The highest BCUT2D eigenvalue weighted by atomic mass is 19.1. The van der Waals surface area contributed by atoms with Crippen molar-refractivity contribution < 1.29 is 18.1 Å². The highest BCUT2D eigenvalue weighted by Gasteiger charge is 2.19. The van der Waals surface area contributed by atoms with E-state index in [0.29, 0.717) is 12.1 Å². The summed E-state index contributed by atoms with van der Waals surface area (Å²) < 4.78 is 39.9. The van der Waals surface area contributed by atoms with Crippen LogP contribution in [0.2, 0.25) is 0 Å². The van der Waals surface area contributed by atoms with Gasteiger partial charge in [-0.05, 0) is 23.8 Å². The summed E-state index contributed by atoms with van der Waals surface area (Å²) in [5.74, 6) is -2.75. The van der Waals surface area contributed by atoms with E-state index in [1.807, 2.05) is 0 Å². The monoisotopic (exact) mass is 253 g/mol. The van der Waals surface area contributed by atoms with Crippen LogP contribution in [0.4, 0.5) is 18.9 Å². The van der Waals surface area contributed by atoms with Crippen LogP contribution in [0.15, 0.2) is 36.4 Å². The SMILES string of the molecule is O=[N+]([O-])c1cc(F)c(-c2cccc(F)c2)cc1F. The molecule has 0 aliphatic carbocycles. The van der Waals surface area contributed by atoms with Gasteiger partial charge < -0.3 is 0 Å². The van der Waals surface area contributed by atoms with Gasteiger partial charge in [0.2, 0.25) is 5.82 Å². The molecule has 0 aromatic heterocycles. The predicted octanol–water partition coefficient (Wildman–Crippen LogP) is 3.68. The summed E-state index contributed by atoms with van der Waals surface area (Å²) >= 11 is 0. The summed E-state index contributed by atoms with van der Waals surface area (Å²) in [4.78, 5) is 9.39. The number of hydrogen-bond donors (Lipinski definition) is 0. The molecule has 0 spiro atoms. The minimum absolute atomic E-state index is 0.112. The van der Waals surface area contributed by atoms with Crippen molar-refractivity contribution in [2.24, 2.45) is 0 Å². The summed E-state index contributed by atoms with van der Waals surface area (Å²) in [6, 6.07) is 6.06. The van der Waals surface area contributed by atoms with E-state index < -0.39 is 28.1 Å². The number of nitrogens with zero attached hydrogens (tertiary/aromatic N) is 1. The third-order valence-electron chi connectivity index (χ3n) is 2.37. The summed E-state index contributed by atoms with van der Waals surface area (Å²) in [5.41, 5.74) is -1.06. The van der Waals surface area contributed by atoms with E-state index in [2.05, 4.69) is 0 Å². The van der Waals surface area contributed by atoms with E-state index in [4.69, 9.17) is 0 Å². The van der Waals surface area contributed by atoms with Crippen molar-refractivity contribution in [3.63, 3.8) is 0 Å². The largest absolute Gasteiger partial charge is 0.307 e. The Labute approximate surface area is 99.6 Å². The van der Waals surface area contributed by atoms with Crippen molar-refractivity contribution in [1.82, 2.24) is 0 Å². The molecule has 2 rings (SSSR count). The van der Waals surface area contributed by atoms with Gasteiger partial charge in [0, 0.05) is 5.56 Å². The molecule has 0 saturated carbocycles. The van der Waals surface area contributed by atoms with Crippen molar-refractivity contribution in [2.45, 2.75) is 0 Å². The Bertz CT molecular complexity index is 629. The van der Waals surface area contributed by atoms with E-state index in [9.17, 15) is 23.3 Å². The van der Waals surface area contributed by atoms with Gasteiger partial charge in [-0.1, -0.05) is 12.1 Å². The third kappa shape index (κ3) is 2.17. The number of hydrogen-bond acceptors (Lipinski definition) is 2. The number of rotatable bonds is 2. The van der Waals surface area contributed by atoms with Crippen LogP contribution in [0.1, 0.15) is 0 Å². The van der Waals surface area contributed by atoms with Gasteiger partial charge in [-0.15, -0.1) is 0 Å². The molecule has 92 valence electrons. The van der Waals surface area contributed by atoms with Crippen molar-refractivity contribution in [3.05, 3.63) is 64.0 Å². The summed E-state index contributed by atoms with van der Waals surface area (Å²) in [5, 5.41) is 10.4. The van der Waals surface area contributed by atoms with Crippen LogP contribution in [-0.4, -0.2) is 4.92 Å². The molecule has 0 atom stereocenters. The zero-order valence-corrected chi connectivity index (χ0v) is 8.86. The molecular weight excluding hydrogens is 247 g/mol. The average molecular weight is 253 g/mol. The third-order valence-corrected chi connectivity index (χ3v) is 2.37. The lowest BCUT2D eigenvalue weighted by Crippen LogP contribution is -1.96. The lowest BCUT2D eigenvalue weighted by atomic mass is 10.0. The van der Waals surface area contributed by atoms with Gasteiger partial charge in [-0.2, -0.15) is 4.39 Å². The summed E-state index contributed by atoms with van der Waals surface area (Å²) in [6.45, 7) is 0. The number of benzene rings is 2. The first-order valence-corrected chi connectivity index (χ1v) is 4.88. The molecule has 0 aliphatic rings. The fourth-order valence-electron chi connectivity index (χ4n) is 1.55. The Morgan fingerprint density at radius 1 is 1.00 bits per heavy atom. The highest BCUT2D eigenvalue weighted by molar-refractivity contribution is 5.65. The normalized spacial score (nSPS) is 10.4. The summed E-state index contributed by atoms with van der Waals surface area (Å²) in [7, 11) is 0. The van der Waals surface area contributed by atoms with Gasteiger partial charge in [0.1, 0.15) is 11.6 Å². The van der Waals surface area contributed by atoms with Gasteiger partial charge in [-0.25, -0.2) is 8.78 Å². The van der Waals surface area contributed by atoms with Gasteiger partial charge in [-0.3, -0.25) is 10.1 Å². The van der Waals surface area contributed by atoms with Gasteiger partial charge in [0.25, 0.3) is 0 Å². The van der Waals surface area contributed by atoms with Crippen molar-refractivity contribution in [2.75, 3.05) is 0 Å². The number of nitro benzene ring substituents is 1. The molecule has 6 heteroatoms. The lowest BCUT2D eigenvalue weighted by molar-refractivity contribution is -0.387. The van der Waals surface area contributed by atoms with E-state index >= 15 is 0 Å². The number of nitro groups is 1. The Kier molecular flexibility index (Phi) is 3.01. The molecule has 0 fully saturated rings.